The molecule has 1 atom stereocenters. The van der Waals surface area contributed by atoms with Gasteiger partial charge in [0, 0.05) is 0 Å². The Morgan fingerprint density at radius 3 is 2.39 bits per heavy atom. The quantitative estimate of drug-likeness (QED) is 0.856. The van der Waals surface area contributed by atoms with Crippen LogP contribution in [0, 0.1) is 6.92 Å². The molecule has 1 unspecified atom stereocenters. The number of amides is 1. The second-order valence-corrected chi connectivity index (χ2v) is 5.17. The molecule has 1 amide bonds. The third kappa shape index (κ3) is 4.32. The highest BCUT2D eigenvalue weighted by Gasteiger charge is 2.20. The third-order valence-corrected chi connectivity index (χ3v) is 3.38. The fourth-order valence-electron chi connectivity index (χ4n) is 2.10. The second-order valence-electron chi connectivity index (χ2n) is 5.17. The SMILES string of the molecule is CCC(Oc1ccc(C)cc1)C(=O)Nc1ccccc1C(=O)O. The van der Waals surface area contributed by atoms with E-state index < -0.39 is 12.1 Å². The summed E-state index contributed by atoms with van der Waals surface area (Å²) in [6.45, 7) is 3.80. The van der Waals surface area contributed by atoms with E-state index in [2.05, 4.69) is 5.32 Å². The van der Waals surface area contributed by atoms with Gasteiger partial charge in [0.05, 0.1) is 11.3 Å². The average molecular weight is 313 g/mol. The van der Waals surface area contributed by atoms with Crippen molar-refractivity contribution in [3.8, 4) is 5.75 Å². The zero-order chi connectivity index (χ0) is 16.8. The Labute approximate surface area is 134 Å². The van der Waals surface area contributed by atoms with Gasteiger partial charge in [-0.25, -0.2) is 4.79 Å². The number of aromatic carboxylic acids is 1. The number of para-hydroxylation sites is 1. The zero-order valence-corrected chi connectivity index (χ0v) is 13.1. The Hall–Kier alpha value is -2.82. The lowest BCUT2D eigenvalue weighted by Crippen LogP contribution is -2.32. The van der Waals surface area contributed by atoms with Gasteiger partial charge in [-0.3, -0.25) is 4.79 Å². The molecular formula is C18H19NO4. The smallest absolute Gasteiger partial charge is 0.337 e. The van der Waals surface area contributed by atoms with Gasteiger partial charge in [-0.15, -0.1) is 0 Å². The summed E-state index contributed by atoms with van der Waals surface area (Å²) in [6, 6.07) is 13.7. The summed E-state index contributed by atoms with van der Waals surface area (Å²) < 4.78 is 5.69. The molecule has 0 saturated carbocycles. The molecule has 0 fully saturated rings. The minimum absolute atomic E-state index is 0.0473. The molecule has 0 aliphatic heterocycles. The van der Waals surface area contributed by atoms with Gasteiger partial charge in [0.1, 0.15) is 5.75 Å². The maximum atomic E-state index is 12.4. The molecule has 0 aromatic heterocycles. The van der Waals surface area contributed by atoms with Crippen molar-refractivity contribution < 1.29 is 19.4 Å². The normalized spacial score (nSPS) is 11.6. The molecule has 2 aromatic carbocycles. The first kappa shape index (κ1) is 16.5. The largest absolute Gasteiger partial charge is 0.481 e. The van der Waals surface area contributed by atoms with Crippen LogP contribution in [0.4, 0.5) is 5.69 Å². The van der Waals surface area contributed by atoms with Crippen molar-refractivity contribution in [2.24, 2.45) is 0 Å². The zero-order valence-electron chi connectivity index (χ0n) is 13.1. The Morgan fingerprint density at radius 1 is 1.13 bits per heavy atom. The minimum atomic E-state index is -1.09. The van der Waals surface area contributed by atoms with Crippen LogP contribution in [0.25, 0.3) is 0 Å². The first-order chi connectivity index (χ1) is 11.0. The molecule has 2 rings (SSSR count). The fraction of sp³-hybridized carbons (Fsp3) is 0.222. The molecule has 2 N–H and O–H groups in total. The molecule has 2 aromatic rings. The molecule has 0 aliphatic rings. The number of nitrogens with one attached hydrogen (secondary N) is 1. The van der Waals surface area contributed by atoms with E-state index in [9.17, 15) is 9.59 Å². The number of hydrogen-bond acceptors (Lipinski definition) is 3. The van der Waals surface area contributed by atoms with Crippen molar-refractivity contribution in [3.05, 3.63) is 59.7 Å². The Morgan fingerprint density at radius 2 is 1.78 bits per heavy atom. The monoisotopic (exact) mass is 313 g/mol. The van der Waals surface area contributed by atoms with E-state index in [1.54, 1.807) is 30.3 Å². The van der Waals surface area contributed by atoms with E-state index in [4.69, 9.17) is 9.84 Å². The predicted molar refractivity (Wildman–Crippen MR) is 87.9 cm³/mol. The molecule has 0 heterocycles. The van der Waals surface area contributed by atoms with Crippen LogP contribution in [0.3, 0.4) is 0 Å². The van der Waals surface area contributed by atoms with Crippen molar-refractivity contribution in [2.75, 3.05) is 5.32 Å². The summed E-state index contributed by atoms with van der Waals surface area (Å²) in [5, 5.41) is 11.8. The second kappa shape index (κ2) is 7.45. The summed E-state index contributed by atoms with van der Waals surface area (Å²) in [5.41, 5.74) is 1.41. The highest BCUT2D eigenvalue weighted by Crippen LogP contribution is 2.18. The average Bonchev–Trinajstić information content (AvgIpc) is 2.54. The van der Waals surface area contributed by atoms with E-state index in [0.29, 0.717) is 12.2 Å². The lowest BCUT2D eigenvalue weighted by atomic mass is 10.1. The van der Waals surface area contributed by atoms with Crippen LogP contribution in [0.5, 0.6) is 5.75 Å². The first-order valence-corrected chi connectivity index (χ1v) is 7.37. The summed E-state index contributed by atoms with van der Waals surface area (Å²) in [6.07, 6.45) is -0.228. The van der Waals surface area contributed by atoms with Gasteiger partial charge in [-0.05, 0) is 37.6 Å². The first-order valence-electron chi connectivity index (χ1n) is 7.37. The Balaban J connectivity index is 2.11. The highest BCUT2D eigenvalue weighted by molar-refractivity contribution is 6.01. The maximum Gasteiger partial charge on any atom is 0.337 e. The third-order valence-electron chi connectivity index (χ3n) is 3.38. The van der Waals surface area contributed by atoms with Crippen molar-refractivity contribution in [2.45, 2.75) is 26.4 Å². The standard InChI is InChI=1S/C18H19NO4/c1-3-16(23-13-10-8-12(2)9-11-13)17(20)19-15-7-5-4-6-14(15)18(21)22/h4-11,16H,3H2,1-2H3,(H,19,20)(H,21,22). The van der Waals surface area contributed by atoms with E-state index in [-0.39, 0.29) is 17.2 Å². The number of carboxylic acid groups (broad SMARTS) is 1. The Bertz CT molecular complexity index is 694. The van der Waals surface area contributed by atoms with Gasteiger partial charge >= 0.3 is 5.97 Å². The predicted octanol–water partition coefficient (Wildman–Crippen LogP) is 3.49. The van der Waals surface area contributed by atoms with E-state index in [1.165, 1.54) is 6.07 Å². The van der Waals surface area contributed by atoms with E-state index >= 15 is 0 Å². The van der Waals surface area contributed by atoms with E-state index in [0.717, 1.165) is 5.56 Å². The summed E-state index contributed by atoms with van der Waals surface area (Å²) >= 11 is 0. The van der Waals surface area contributed by atoms with Crippen LogP contribution in [0.1, 0.15) is 29.3 Å². The molecule has 23 heavy (non-hydrogen) atoms. The van der Waals surface area contributed by atoms with Crippen molar-refractivity contribution in [1.82, 2.24) is 0 Å². The van der Waals surface area contributed by atoms with Gasteiger partial charge in [0.25, 0.3) is 5.91 Å². The van der Waals surface area contributed by atoms with Crippen LogP contribution in [0.15, 0.2) is 48.5 Å². The molecule has 5 heteroatoms. The maximum absolute atomic E-state index is 12.4. The highest BCUT2D eigenvalue weighted by atomic mass is 16.5. The van der Waals surface area contributed by atoms with Gasteiger partial charge in [0.15, 0.2) is 6.10 Å². The van der Waals surface area contributed by atoms with Gasteiger partial charge in [0.2, 0.25) is 0 Å². The topological polar surface area (TPSA) is 75.6 Å². The number of aryl methyl sites for hydroxylation is 1. The number of carbonyl (C=O) groups is 2. The molecule has 120 valence electrons. The van der Waals surface area contributed by atoms with Crippen molar-refractivity contribution in [3.63, 3.8) is 0 Å². The van der Waals surface area contributed by atoms with Crippen LogP contribution in [-0.2, 0) is 4.79 Å². The van der Waals surface area contributed by atoms with Crippen LogP contribution < -0.4 is 10.1 Å². The minimum Gasteiger partial charge on any atom is -0.481 e. The number of carbonyl (C=O) groups excluding carboxylic acids is 1. The number of hydrogen-bond donors (Lipinski definition) is 2. The number of carboxylic acids is 1. The molecule has 0 bridgehead atoms. The molecule has 0 spiro atoms. The van der Waals surface area contributed by atoms with Crippen LogP contribution >= 0.6 is 0 Å². The van der Waals surface area contributed by atoms with Gasteiger partial charge in [-0.2, -0.15) is 0 Å². The van der Waals surface area contributed by atoms with Gasteiger partial charge in [-0.1, -0.05) is 36.8 Å². The Kier molecular flexibility index (Phi) is 5.36. The van der Waals surface area contributed by atoms with E-state index in [1.807, 2.05) is 26.0 Å². The lowest BCUT2D eigenvalue weighted by Gasteiger charge is -2.18. The van der Waals surface area contributed by atoms with Crippen LogP contribution in [-0.4, -0.2) is 23.1 Å². The number of rotatable bonds is 6. The summed E-state index contributed by atoms with van der Waals surface area (Å²) in [5.74, 6) is -0.862. The molecule has 0 saturated heterocycles. The number of anilines is 1. The van der Waals surface area contributed by atoms with Crippen molar-refractivity contribution in [1.29, 1.82) is 0 Å². The molecule has 5 nitrogen and oxygen atoms in total. The fourth-order valence-corrected chi connectivity index (χ4v) is 2.10. The summed E-state index contributed by atoms with van der Waals surface area (Å²) in [7, 11) is 0. The number of ether oxygens (including phenoxy) is 1. The van der Waals surface area contributed by atoms with Crippen molar-refractivity contribution >= 4 is 17.6 Å². The molecule has 0 radical (unpaired) electrons. The summed E-state index contributed by atoms with van der Waals surface area (Å²) in [4.78, 5) is 23.5. The molecular weight excluding hydrogens is 294 g/mol. The number of benzene rings is 2. The molecule has 0 aliphatic carbocycles. The lowest BCUT2D eigenvalue weighted by molar-refractivity contribution is -0.122. The van der Waals surface area contributed by atoms with Gasteiger partial charge < -0.3 is 15.2 Å². The van der Waals surface area contributed by atoms with Crippen LogP contribution in [0.2, 0.25) is 0 Å².